The zero-order valence-corrected chi connectivity index (χ0v) is 10.9. The summed E-state index contributed by atoms with van der Waals surface area (Å²) in [4.78, 5) is 16.3. The molecule has 1 aromatic rings. The largest absolute Gasteiger partial charge is 0.491 e. The predicted octanol–water partition coefficient (Wildman–Crippen LogP) is 1.11. The highest BCUT2D eigenvalue weighted by molar-refractivity contribution is 5.65. The highest BCUT2D eigenvalue weighted by Gasteiger charge is 2.28. The lowest BCUT2D eigenvalue weighted by Gasteiger charge is -2.17. The molecule has 1 fully saturated rings. The topological polar surface area (TPSA) is 97.9 Å². The number of carboxylic acid groups (broad SMARTS) is 1. The highest BCUT2D eigenvalue weighted by Crippen LogP contribution is 2.31. The molecule has 0 aromatic carbocycles. The molecule has 0 spiro atoms. The molecule has 1 aliphatic rings. The summed E-state index contributed by atoms with van der Waals surface area (Å²) in [5, 5.41) is 8.90. The van der Waals surface area contributed by atoms with Gasteiger partial charge in [-0.1, -0.05) is 0 Å². The van der Waals surface area contributed by atoms with Crippen LogP contribution in [0.4, 0.5) is 10.6 Å². The summed E-state index contributed by atoms with van der Waals surface area (Å²) >= 11 is 0. The third-order valence-corrected chi connectivity index (χ3v) is 3.05. The van der Waals surface area contributed by atoms with Crippen LogP contribution in [0.25, 0.3) is 0 Å². The van der Waals surface area contributed by atoms with Crippen molar-refractivity contribution >= 4 is 11.9 Å². The van der Waals surface area contributed by atoms with Gasteiger partial charge < -0.3 is 25.2 Å². The Morgan fingerprint density at radius 3 is 2.95 bits per heavy atom. The van der Waals surface area contributed by atoms with Crippen LogP contribution in [0.15, 0.2) is 6.07 Å². The Bertz CT molecular complexity index is 492. The number of hydrogen-bond acceptors (Lipinski definition) is 5. The SMILES string of the molecule is COc1c(C)cc(N)nc1OC1CCN(C(=O)O)C1. The second-order valence-corrected chi connectivity index (χ2v) is 4.46. The number of anilines is 1. The van der Waals surface area contributed by atoms with Crippen LogP contribution in [-0.2, 0) is 0 Å². The molecule has 7 heteroatoms. The van der Waals surface area contributed by atoms with Crippen molar-refractivity contribution in [3.05, 3.63) is 11.6 Å². The van der Waals surface area contributed by atoms with Crippen molar-refractivity contribution in [2.45, 2.75) is 19.4 Å². The zero-order valence-electron chi connectivity index (χ0n) is 10.9. The second kappa shape index (κ2) is 5.21. The number of aryl methyl sites for hydroxylation is 1. The van der Waals surface area contributed by atoms with E-state index in [1.165, 1.54) is 12.0 Å². The van der Waals surface area contributed by atoms with Gasteiger partial charge in [-0.15, -0.1) is 0 Å². The van der Waals surface area contributed by atoms with Gasteiger partial charge in [-0.25, -0.2) is 4.79 Å². The van der Waals surface area contributed by atoms with Gasteiger partial charge >= 0.3 is 6.09 Å². The molecule has 0 radical (unpaired) electrons. The molecule has 3 N–H and O–H groups in total. The van der Waals surface area contributed by atoms with Gasteiger partial charge in [0.05, 0.1) is 13.7 Å². The van der Waals surface area contributed by atoms with Crippen molar-refractivity contribution in [2.24, 2.45) is 0 Å². The van der Waals surface area contributed by atoms with Crippen molar-refractivity contribution in [3.63, 3.8) is 0 Å². The molecular weight excluding hydrogens is 250 g/mol. The van der Waals surface area contributed by atoms with E-state index in [1.54, 1.807) is 6.07 Å². The average molecular weight is 267 g/mol. The first-order valence-corrected chi connectivity index (χ1v) is 5.97. The minimum atomic E-state index is -0.935. The molecule has 0 saturated carbocycles. The molecule has 2 heterocycles. The number of nitrogens with two attached hydrogens (primary N) is 1. The Morgan fingerprint density at radius 2 is 2.37 bits per heavy atom. The predicted molar refractivity (Wildman–Crippen MR) is 68.6 cm³/mol. The molecule has 1 atom stereocenters. The van der Waals surface area contributed by atoms with Crippen LogP contribution in [0.3, 0.4) is 0 Å². The maximum absolute atomic E-state index is 10.8. The molecule has 7 nitrogen and oxygen atoms in total. The number of methoxy groups -OCH3 is 1. The Labute approximate surface area is 110 Å². The van der Waals surface area contributed by atoms with Gasteiger partial charge in [-0.2, -0.15) is 4.98 Å². The van der Waals surface area contributed by atoms with Crippen molar-refractivity contribution in [3.8, 4) is 11.6 Å². The lowest BCUT2D eigenvalue weighted by Crippen LogP contribution is -2.29. The van der Waals surface area contributed by atoms with E-state index in [4.69, 9.17) is 20.3 Å². The smallest absolute Gasteiger partial charge is 0.407 e. The van der Waals surface area contributed by atoms with Crippen LogP contribution in [0.1, 0.15) is 12.0 Å². The van der Waals surface area contributed by atoms with Gasteiger partial charge in [0.25, 0.3) is 5.88 Å². The highest BCUT2D eigenvalue weighted by atomic mass is 16.5. The minimum absolute atomic E-state index is 0.223. The first kappa shape index (κ1) is 13.3. The van der Waals surface area contributed by atoms with Crippen LogP contribution >= 0.6 is 0 Å². The lowest BCUT2D eigenvalue weighted by molar-refractivity contribution is 0.143. The molecule has 1 amide bonds. The first-order chi connectivity index (χ1) is 9.01. The average Bonchev–Trinajstić information content (AvgIpc) is 2.77. The summed E-state index contributed by atoms with van der Waals surface area (Å²) < 4.78 is 11.0. The first-order valence-electron chi connectivity index (χ1n) is 5.97. The van der Waals surface area contributed by atoms with Crippen molar-refractivity contribution in [2.75, 3.05) is 25.9 Å². The fourth-order valence-corrected chi connectivity index (χ4v) is 2.14. The Morgan fingerprint density at radius 1 is 1.63 bits per heavy atom. The van der Waals surface area contributed by atoms with Crippen LogP contribution in [-0.4, -0.2) is 47.4 Å². The van der Waals surface area contributed by atoms with Crippen LogP contribution in [0, 0.1) is 6.92 Å². The standard InChI is InChI=1S/C12H17N3O4/c1-7-5-9(13)14-11(10(7)18-2)19-8-3-4-15(6-8)12(16)17/h5,8H,3-4,6H2,1-2H3,(H2,13,14)(H,16,17). The molecule has 19 heavy (non-hydrogen) atoms. The van der Waals surface area contributed by atoms with Crippen molar-refractivity contribution in [1.82, 2.24) is 9.88 Å². The fourth-order valence-electron chi connectivity index (χ4n) is 2.14. The molecular formula is C12H17N3O4. The van der Waals surface area contributed by atoms with Gasteiger partial charge in [0.2, 0.25) is 0 Å². The van der Waals surface area contributed by atoms with Gasteiger partial charge in [-0.05, 0) is 13.0 Å². The number of aromatic nitrogens is 1. The number of amides is 1. The molecule has 104 valence electrons. The second-order valence-electron chi connectivity index (χ2n) is 4.46. The maximum atomic E-state index is 10.8. The number of nitrogens with zero attached hydrogens (tertiary/aromatic N) is 2. The summed E-state index contributed by atoms with van der Waals surface area (Å²) in [5.74, 6) is 1.20. The minimum Gasteiger partial charge on any atom is -0.491 e. The number of rotatable bonds is 3. The number of pyridine rings is 1. The fraction of sp³-hybridized carbons (Fsp3) is 0.500. The Balaban J connectivity index is 2.13. The summed E-state index contributed by atoms with van der Waals surface area (Å²) in [6.45, 7) is 2.64. The summed E-state index contributed by atoms with van der Waals surface area (Å²) in [5.41, 5.74) is 6.51. The molecule has 1 saturated heterocycles. The van der Waals surface area contributed by atoms with E-state index >= 15 is 0 Å². The van der Waals surface area contributed by atoms with E-state index < -0.39 is 6.09 Å². The Hall–Kier alpha value is -2.18. The van der Waals surface area contributed by atoms with E-state index in [-0.39, 0.29) is 6.10 Å². The van der Waals surface area contributed by atoms with Gasteiger partial charge in [0, 0.05) is 18.5 Å². The zero-order chi connectivity index (χ0) is 14.0. The van der Waals surface area contributed by atoms with Crippen LogP contribution in [0.2, 0.25) is 0 Å². The molecule has 1 aromatic heterocycles. The number of nitrogen functional groups attached to an aromatic ring is 1. The number of hydrogen-bond donors (Lipinski definition) is 2. The monoisotopic (exact) mass is 267 g/mol. The Kier molecular flexibility index (Phi) is 3.64. The molecule has 0 aliphatic carbocycles. The van der Waals surface area contributed by atoms with Crippen molar-refractivity contribution < 1.29 is 19.4 Å². The molecule has 2 rings (SSSR count). The number of carbonyl (C=O) groups is 1. The molecule has 0 bridgehead atoms. The van der Waals surface area contributed by atoms with Crippen LogP contribution < -0.4 is 15.2 Å². The number of ether oxygens (including phenoxy) is 2. The van der Waals surface area contributed by atoms with E-state index in [1.807, 2.05) is 6.92 Å². The van der Waals surface area contributed by atoms with E-state index in [0.29, 0.717) is 37.0 Å². The third-order valence-electron chi connectivity index (χ3n) is 3.05. The maximum Gasteiger partial charge on any atom is 0.407 e. The summed E-state index contributed by atoms with van der Waals surface area (Å²) in [6.07, 6.45) is -0.529. The van der Waals surface area contributed by atoms with Gasteiger partial charge in [0.15, 0.2) is 5.75 Å². The van der Waals surface area contributed by atoms with Crippen LogP contribution in [0.5, 0.6) is 11.6 Å². The van der Waals surface area contributed by atoms with E-state index in [0.717, 1.165) is 5.56 Å². The van der Waals surface area contributed by atoms with Gasteiger partial charge in [-0.3, -0.25) is 0 Å². The van der Waals surface area contributed by atoms with E-state index in [2.05, 4.69) is 4.98 Å². The lowest BCUT2D eigenvalue weighted by atomic mass is 10.2. The quantitative estimate of drug-likeness (QED) is 0.851. The number of likely N-dealkylation sites (tertiary alicyclic amines) is 1. The third kappa shape index (κ3) is 2.81. The molecule has 1 unspecified atom stereocenters. The normalized spacial score (nSPS) is 18.4. The summed E-state index contributed by atoms with van der Waals surface area (Å²) in [7, 11) is 1.53. The van der Waals surface area contributed by atoms with Crippen molar-refractivity contribution in [1.29, 1.82) is 0 Å². The van der Waals surface area contributed by atoms with Gasteiger partial charge in [0.1, 0.15) is 11.9 Å². The van der Waals surface area contributed by atoms with E-state index in [9.17, 15) is 4.79 Å². The summed E-state index contributed by atoms with van der Waals surface area (Å²) in [6, 6.07) is 1.70. The molecule has 1 aliphatic heterocycles.